The summed E-state index contributed by atoms with van der Waals surface area (Å²) in [5.74, 6) is 0.690. The summed E-state index contributed by atoms with van der Waals surface area (Å²) >= 11 is 0. The van der Waals surface area contributed by atoms with Crippen molar-refractivity contribution < 1.29 is 4.74 Å². The zero-order valence-electron chi connectivity index (χ0n) is 13.5. The van der Waals surface area contributed by atoms with Gasteiger partial charge in [-0.25, -0.2) is 0 Å². The molecule has 3 aliphatic rings. The van der Waals surface area contributed by atoms with E-state index < -0.39 is 0 Å². The van der Waals surface area contributed by atoms with Crippen LogP contribution in [0.1, 0.15) is 59.3 Å². The lowest BCUT2D eigenvalue weighted by Crippen LogP contribution is -2.67. The molecule has 3 heteroatoms. The van der Waals surface area contributed by atoms with Crippen LogP contribution in [0.2, 0.25) is 0 Å². The molecule has 0 aromatic rings. The zero-order chi connectivity index (χ0) is 14.4. The summed E-state index contributed by atoms with van der Waals surface area (Å²) in [5.41, 5.74) is 7.06. The van der Waals surface area contributed by atoms with E-state index >= 15 is 0 Å². The average molecular weight is 280 g/mol. The Bertz CT molecular complexity index is 357. The van der Waals surface area contributed by atoms with Gasteiger partial charge in [-0.1, -0.05) is 20.8 Å². The first-order valence-corrected chi connectivity index (χ1v) is 8.57. The van der Waals surface area contributed by atoms with Crippen LogP contribution >= 0.6 is 0 Å². The van der Waals surface area contributed by atoms with Gasteiger partial charge in [-0.15, -0.1) is 0 Å². The maximum absolute atomic E-state index is 6.35. The van der Waals surface area contributed by atoms with Crippen LogP contribution in [0.4, 0.5) is 0 Å². The topological polar surface area (TPSA) is 38.5 Å². The molecule has 2 saturated carbocycles. The number of ether oxygens (including phenoxy) is 1. The number of hydrogen-bond donors (Lipinski definition) is 1. The maximum atomic E-state index is 6.35. The molecule has 0 aromatic heterocycles. The maximum Gasteiger partial charge on any atom is 0.0731 e. The van der Waals surface area contributed by atoms with Crippen molar-refractivity contribution in [3.63, 3.8) is 0 Å². The second kappa shape index (κ2) is 5.26. The van der Waals surface area contributed by atoms with Crippen LogP contribution in [0.5, 0.6) is 0 Å². The highest BCUT2D eigenvalue weighted by molar-refractivity contribution is 5.06. The van der Waals surface area contributed by atoms with Gasteiger partial charge in [0.1, 0.15) is 0 Å². The first-order valence-electron chi connectivity index (χ1n) is 8.57. The highest BCUT2D eigenvalue weighted by Gasteiger charge is 2.51. The molecule has 1 aliphatic heterocycles. The molecule has 2 N–H and O–H groups in total. The minimum absolute atomic E-state index is 0.229. The van der Waals surface area contributed by atoms with E-state index in [2.05, 4.69) is 25.7 Å². The Labute approximate surface area is 124 Å². The smallest absolute Gasteiger partial charge is 0.0731 e. The van der Waals surface area contributed by atoms with E-state index in [0.29, 0.717) is 23.5 Å². The first kappa shape index (κ1) is 14.8. The molecule has 3 nitrogen and oxygen atoms in total. The fraction of sp³-hybridized carbons (Fsp3) is 1.00. The molecule has 20 heavy (non-hydrogen) atoms. The van der Waals surface area contributed by atoms with Crippen LogP contribution in [0.3, 0.4) is 0 Å². The van der Waals surface area contributed by atoms with Gasteiger partial charge >= 0.3 is 0 Å². The van der Waals surface area contributed by atoms with Gasteiger partial charge < -0.3 is 10.5 Å². The van der Waals surface area contributed by atoms with Crippen molar-refractivity contribution in [3.05, 3.63) is 0 Å². The highest BCUT2D eigenvalue weighted by Crippen LogP contribution is 2.48. The fourth-order valence-electron chi connectivity index (χ4n) is 5.25. The number of nitrogens with two attached hydrogens (primary N) is 1. The van der Waals surface area contributed by atoms with Crippen LogP contribution in [0.15, 0.2) is 0 Å². The minimum atomic E-state index is 0.229. The fourth-order valence-corrected chi connectivity index (χ4v) is 5.25. The van der Waals surface area contributed by atoms with E-state index in [1.54, 1.807) is 0 Å². The van der Waals surface area contributed by atoms with Crippen molar-refractivity contribution in [2.75, 3.05) is 19.7 Å². The van der Waals surface area contributed by atoms with Gasteiger partial charge in [0.2, 0.25) is 0 Å². The van der Waals surface area contributed by atoms with Gasteiger partial charge in [-0.05, 0) is 49.9 Å². The molecule has 4 unspecified atom stereocenters. The summed E-state index contributed by atoms with van der Waals surface area (Å²) in [5, 5.41) is 0. The zero-order valence-corrected chi connectivity index (χ0v) is 13.5. The van der Waals surface area contributed by atoms with E-state index in [1.807, 2.05) is 0 Å². The molecule has 1 heterocycles. The van der Waals surface area contributed by atoms with Crippen LogP contribution in [0.25, 0.3) is 0 Å². The standard InChI is InChI=1S/C17H32N2O/c1-13-11-16(2,3)7-8-17(13,12-18)19-9-10-20-15-6-4-5-14(15)19/h13-15H,4-12,18H2,1-3H3. The lowest BCUT2D eigenvalue weighted by molar-refractivity contribution is -0.129. The van der Waals surface area contributed by atoms with Crippen LogP contribution in [0, 0.1) is 11.3 Å². The second-order valence-corrected chi connectivity index (χ2v) is 8.18. The molecule has 0 radical (unpaired) electrons. The average Bonchev–Trinajstić information content (AvgIpc) is 2.87. The van der Waals surface area contributed by atoms with E-state index in [4.69, 9.17) is 10.5 Å². The molecule has 3 rings (SSSR count). The van der Waals surface area contributed by atoms with Crippen molar-refractivity contribution in [1.29, 1.82) is 0 Å². The van der Waals surface area contributed by atoms with Gasteiger partial charge in [0.15, 0.2) is 0 Å². The lowest BCUT2D eigenvalue weighted by atomic mass is 9.62. The van der Waals surface area contributed by atoms with Gasteiger partial charge in [0.05, 0.1) is 12.7 Å². The molecular weight excluding hydrogens is 248 g/mol. The third kappa shape index (κ3) is 2.32. The molecule has 3 fully saturated rings. The van der Waals surface area contributed by atoms with Crippen molar-refractivity contribution >= 4 is 0 Å². The van der Waals surface area contributed by atoms with E-state index in [0.717, 1.165) is 19.7 Å². The molecule has 0 amide bonds. The summed E-state index contributed by atoms with van der Waals surface area (Å²) in [4.78, 5) is 2.79. The van der Waals surface area contributed by atoms with Crippen LogP contribution in [-0.4, -0.2) is 42.3 Å². The number of morpholine rings is 1. The van der Waals surface area contributed by atoms with Crippen molar-refractivity contribution in [1.82, 2.24) is 4.90 Å². The van der Waals surface area contributed by atoms with E-state index in [9.17, 15) is 0 Å². The molecule has 0 spiro atoms. The van der Waals surface area contributed by atoms with E-state index in [1.165, 1.54) is 38.5 Å². The molecular formula is C17H32N2O. The van der Waals surface area contributed by atoms with Gasteiger partial charge in [0.25, 0.3) is 0 Å². The van der Waals surface area contributed by atoms with Gasteiger partial charge in [0, 0.05) is 24.7 Å². The normalized spacial score (nSPS) is 45.3. The van der Waals surface area contributed by atoms with Crippen LogP contribution in [-0.2, 0) is 4.74 Å². The molecule has 0 bridgehead atoms. The Morgan fingerprint density at radius 1 is 1.25 bits per heavy atom. The summed E-state index contributed by atoms with van der Waals surface area (Å²) < 4.78 is 6.01. The second-order valence-electron chi connectivity index (χ2n) is 8.18. The summed E-state index contributed by atoms with van der Waals surface area (Å²) in [6, 6.07) is 0.635. The Kier molecular flexibility index (Phi) is 3.89. The third-order valence-corrected chi connectivity index (χ3v) is 6.42. The first-order chi connectivity index (χ1) is 9.48. The predicted octanol–water partition coefficient (Wildman–Crippen LogP) is 2.78. The van der Waals surface area contributed by atoms with Crippen molar-refractivity contribution in [3.8, 4) is 0 Å². The minimum Gasteiger partial charge on any atom is -0.375 e. The number of rotatable bonds is 2. The van der Waals surface area contributed by atoms with Crippen LogP contribution < -0.4 is 5.73 Å². The number of hydrogen-bond acceptors (Lipinski definition) is 3. The molecule has 1 saturated heterocycles. The summed E-state index contributed by atoms with van der Waals surface area (Å²) in [6.45, 7) is 10.1. The number of nitrogens with zero attached hydrogens (tertiary/aromatic N) is 1. The lowest BCUT2D eigenvalue weighted by Gasteiger charge is -2.57. The largest absolute Gasteiger partial charge is 0.375 e. The monoisotopic (exact) mass is 280 g/mol. The molecule has 4 atom stereocenters. The summed E-state index contributed by atoms with van der Waals surface area (Å²) in [7, 11) is 0. The third-order valence-electron chi connectivity index (χ3n) is 6.42. The predicted molar refractivity (Wildman–Crippen MR) is 82.7 cm³/mol. The Hall–Kier alpha value is -0.120. The van der Waals surface area contributed by atoms with Gasteiger partial charge in [-0.2, -0.15) is 0 Å². The van der Waals surface area contributed by atoms with E-state index in [-0.39, 0.29) is 5.54 Å². The Morgan fingerprint density at radius 3 is 2.75 bits per heavy atom. The molecule has 116 valence electrons. The highest BCUT2D eigenvalue weighted by atomic mass is 16.5. The molecule has 0 aromatic carbocycles. The van der Waals surface area contributed by atoms with Crippen molar-refractivity contribution in [2.24, 2.45) is 17.1 Å². The van der Waals surface area contributed by atoms with Crippen molar-refractivity contribution in [2.45, 2.75) is 77.0 Å². The number of fused-ring (bicyclic) bond motifs is 1. The quantitative estimate of drug-likeness (QED) is 0.845. The molecule has 2 aliphatic carbocycles. The SMILES string of the molecule is CC1CC(C)(C)CCC1(CN)N1CCOC2CCCC21. The summed E-state index contributed by atoms with van der Waals surface area (Å²) in [6.07, 6.45) is 8.24. The van der Waals surface area contributed by atoms with Gasteiger partial charge in [-0.3, -0.25) is 4.90 Å². The Morgan fingerprint density at radius 2 is 2.05 bits per heavy atom. The Balaban J connectivity index is 1.84.